The fourth-order valence-electron chi connectivity index (χ4n) is 6.17. The van der Waals surface area contributed by atoms with E-state index in [1.165, 1.54) is 4.31 Å². The summed E-state index contributed by atoms with van der Waals surface area (Å²) >= 11 is 0. The van der Waals surface area contributed by atoms with E-state index in [1.807, 2.05) is 0 Å². The molecule has 3 aliphatic carbocycles. The fraction of sp³-hybridized carbons (Fsp3) is 0.944. The van der Waals surface area contributed by atoms with Gasteiger partial charge in [-0.3, -0.25) is 4.79 Å². The summed E-state index contributed by atoms with van der Waals surface area (Å²) in [6, 6.07) is -0.0741. The third-order valence-electron chi connectivity index (χ3n) is 7.85. The Morgan fingerprint density at radius 3 is 2.35 bits per heavy atom. The number of sulfonamides is 1. The standard InChI is InChI=1S/C18H29NO3S/c1-16(2,3)13-9-12(13)15(20)19-14-8-11-6-7-18(14,17(11,4)5)10-23(19,21)22/h11-14H,6-10H2,1-5H3/t11-,12-,13-,14-,18-/m1/s1. The van der Waals surface area contributed by atoms with E-state index in [0.717, 1.165) is 25.7 Å². The van der Waals surface area contributed by atoms with Crippen LogP contribution in [0.2, 0.25) is 0 Å². The van der Waals surface area contributed by atoms with Crippen LogP contribution in [0.3, 0.4) is 0 Å². The third kappa shape index (κ3) is 1.83. The van der Waals surface area contributed by atoms with E-state index < -0.39 is 10.0 Å². The highest BCUT2D eigenvalue weighted by molar-refractivity contribution is 7.90. The van der Waals surface area contributed by atoms with Gasteiger partial charge in [-0.15, -0.1) is 0 Å². The zero-order valence-electron chi connectivity index (χ0n) is 14.9. The molecule has 0 N–H and O–H groups in total. The summed E-state index contributed by atoms with van der Waals surface area (Å²) in [5, 5.41) is 0. The molecule has 130 valence electrons. The number of hydrogen-bond donors (Lipinski definition) is 0. The quantitative estimate of drug-likeness (QED) is 0.738. The van der Waals surface area contributed by atoms with Gasteiger partial charge in [0.05, 0.1) is 11.8 Å². The Morgan fingerprint density at radius 1 is 1.17 bits per heavy atom. The molecule has 5 atom stereocenters. The summed E-state index contributed by atoms with van der Waals surface area (Å²) in [4.78, 5) is 13.1. The molecule has 4 rings (SSSR count). The van der Waals surface area contributed by atoms with E-state index in [-0.39, 0.29) is 39.9 Å². The molecule has 1 saturated heterocycles. The molecule has 1 aliphatic heterocycles. The first kappa shape index (κ1) is 15.9. The van der Waals surface area contributed by atoms with Gasteiger partial charge < -0.3 is 0 Å². The van der Waals surface area contributed by atoms with Gasteiger partial charge in [-0.05, 0) is 48.3 Å². The molecule has 0 aromatic carbocycles. The first-order valence-electron chi connectivity index (χ1n) is 8.98. The molecular weight excluding hydrogens is 310 g/mol. The van der Waals surface area contributed by atoms with Gasteiger partial charge >= 0.3 is 0 Å². The molecule has 4 aliphatic rings. The van der Waals surface area contributed by atoms with Crippen LogP contribution in [0.5, 0.6) is 0 Å². The Bertz CT molecular complexity index is 675. The Morgan fingerprint density at radius 2 is 1.83 bits per heavy atom. The molecule has 1 spiro atoms. The van der Waals surface area contributed by atoms with Crippen molar-refractivity contribution in [1.82, 2.24) is 4.31 Å². The second-order valence-electron chi connectivity index (χ2n) is 10.1. The lowest BCUT2D eigenvalue weighted by molar-refractivity contribution is -0.131. The lowest BCUT2D eigenvalue weighted by Crippen LogP contribution is -2.45. The molecular formula is C18H29NO3S. The van der Waals surface area contributed by atoms with E-state index >= 15 is 0 Å². The lowest BCUT2D eigenvalue weighted by atomic mass is 9.69. The number of hydrogen-bond acceptors (Lipinski definition) is 3. The zero-order valence-corrected chi connectivity index (χ0v) is 15.7. The molecule has 1 amide bonds. The summed E-state index contributed by atoms with van der Waals surface area (Å²) in [5.74, 6) is 0.897. The summed E-state index contributed by atoms with van der Waals surface area (Å²) in [5.41, 5.74) is -0.0829. The van der Waals surface area contributed by atoms with Gasteiger partial charge in [0.25, 0.3) is 0 Å². The molecule has 2 bridgehead atoms. The summed E-state index contributed by atoms with van der Waals surface area (Å²) in [7, 11) is -3.45. The van der Waals surface area contributed by atoms with Gasteiger partial charge in [-0.1, -0.05) is 34.6 Å². The van der Waals surface area contributed by atoms with Crippen LogP contribution in [0.15, 0.2) is 0 Å². The van der Waals surface area contributed by atoms with Crippen LogP contribution < -0.4 is 0 Å². The highest BCUT2D eigenvalue weighted by Crippen LogP contribution is 2.70. The number of fused-ring (bicyclic) bond motifs is 1. The minimum atomic E-state index is -3.45. The predicted octanol–water partition coefficient (Wildman–Crippen LogP) is 3.04. The Labute approximate surface area is 140 Å². The minimum absolute atomic E-state index is 0.0345. The van der Waals surface area contributed by atoms with Crippen LogP contribution in [-0.2, 0) is 14.8 Å². The van der Waals surface area contributed by atoms with Gasteiger partial charge in [-0.2, -0.15) is 0 Å². The van der Waals surface area contributed by atoms with Crippen molar-refractivity contribution in [3.8, 4) is 0 Å². The van der Waals surface area contributed by atoms with Crippen molar-refractivity contribution < 1.29 is 13.2 Å². The van der Waals surface area contributed by atoms with Gasteiger partial charge in [0.15, 0.2) is 0 Å². The third-order valence-corrected chi connectivity index (χ3v) is 9.76. The number of rotatable bonds is 1. The molecule has 0 unspecified atom stereocenters. The first-order valence-corrected chi connectivity index (χ1v) is 10.6. The number of amides is 1. The van der Waals surface area contributed by atoms with Crippen molar-refractivity contribution in [3.05, 3.63) is 0 Å². The second-order valence-corrected chi connectivity index (χ2v) is 11.9. The van der Waals surface area contributed by atoms with Crippen LogP contribution in [0.1, 0.15) is 60.3 Å². The molecule has 3 saturated carbocycles. The van der Waals surface area contributed by atoms with Crippen LogP contribution in [0.25, 0.3) is 0 Å². The monoisotopic (exact) mass is 339 g/mol. The number of carbonyl (C=O) groups excluding carboxylic acids is 1. The van der Waals surface area contributed by atoms with Gasteiger partial charge in [-0.25, -0.2) is 12.7 Å². The predicted molar refractivity (Wildman–Crippen MR) is 89.0 cm³/mol. The summed E-state index contributed by atoms with van der Waals surface area (Å²) in [6.07, 6.45) is 3.81. The molecule has 4 nitrogen and oxygen atoms in total. The SMILES string of the molecule is CC(C)(C)[C@@H]1C[C@H]1C(=O)N1[C@@H]2C[C@H]3CC[C@]2(CS1(=O)=O)C3(C)C. The maximum Gasteiger partial charge on any atom is 0.239 e. The molecule has 23 heavy (non-hydrogen) atoms. The number of nitrogens with zero attached hydrogens (tertiary/aromatic N) is 1. The Balaban J connectivity index is 1.67. The maximum absolute atomic E-state index is 13.1. The largest absolute Gasteiger partial charge is 0.273 e. The average Bonchev–Trinajstić information content (AvgIpc) is 3.07. The maximum atomic E-state index is 13.1. The molecule has 1 heterocycles. The second kappa shape index (κ2) is 4.14. The lowest BCUT2D eigenvalue weighted by Gasteiger charge is -2.37. The topological polar surface area (TPSA) is 54.5 Å². The number of carbonyl (C=O) groups is 1. The molecule has 0 radical (unpaired) electrons. The van der Waals surface area contributed by atoms with Crippen LogP contribution >= 0.6 is 0 Å². The smallest absolute Gasteiger partial charge is 0.239 e. The van der Waals surface area contributed by atoms with Gasteiger partial charge in [0.1, 0.15) is 0 Å². The molecule has 0 aromatic heterocycles. The first-order chi connectivity index (χ1) is 10.4. The van der Waals surface area contributed by atoms with E-state index in [2.05, 4.69) is 34.6 Å². The molecule has 5 heteroatoms. The minimum Gasteiger partial charge on any atom is -0.273 e. The van der Waals surface area contributed by atoms with E-state index in [4.69, 9.17) is 0 Å². The van der Waals surface area contributed by atoms with Crippen molar-refractivity contribution >= 4 is 15.9 Å². The van der Waals surface area contributed by atoms with Crippen molar-refractivity contribution in [2.75, 3.05) is 5.75 Å². The van der Waals surface area contributed by atoms with Crippen LogP contribution in [-0.4, -0.2) is 30.4 Å². The summed E-state index contributed by atoms with van der Waals surface area (Å²) in [6.45, 7) is 10.9. The average molecular weight is 340 g/mol. The van der Waals surface area contributed by atoms with Crippen LogP contribution in [0, 0.1) is 34.0 Å². The normalized spacial score (nSPS) is 46.0. The van der Waals surface area contributed by atoms with E-state index in [0.29, 0.717) is 11.8 Å². The van der Waals surface area contributed by atoms with E-state index in [1.54, 1.807) is 0 Å². The van der Waals surface area contributed by atoms with Crippen molar-refractivity contribution in [1.29, 1.82) is 0 Å². The van der Waals surface area contributed by atoms with Crippen LogP contribution in [0.4, 0.5) is 0 Å². The summed E-state index contributed by atoms with van der Waals surface area (Å²) < 4.78 is 27.1. The van der Waals surface area contributed by atoms with Crippen molar-refractivity contribution in [3.63, 3.8) is 0 Å². The Kier molecular flexibility index (Phi) is 2.87. The fourth-order valence-corrected chi connectivity index (χ4v) is 8.75. The van der Waals surface area contributed by atoms with E-state index in [9.17, 15) is 13.2 Å². The van der Waals surface area contributed by atoms with Crippen molar-refractivity contribution in [2.24, 2.45) is 34.0 Å². The highest BCUT2D eigenvalue weighted by Gasteiger charge is 2.73. The van der Waals surface area contributed by atoms with Crippen molar-refractivity contribution in [2.45, 2.75) is 66.3 Å². The molecule has 0 aromatic rings. The Hall–Kier alpha value is -0.580. The molecule has 4 fully saturated rings. The highest BCUT2D eigenvalue weighted by atomic mass is 32.2. The zero-order chi connectivity index (χ0) is 17.0. The van der Waals surface area contributed by atoms with Gasteiger partial charge in [0.2, 0.25) is 15.9 Å². The van der Waals surface area contributed by atoms with Gasteiger partial charge in [0, 0.05) is 11.3 Å².